The monoisotopic (exact) mass is 312 g/mol. The number of aromatic nitrogens is 2. The highest BCUT2D eigenvalue weighted by Crippen LogP contribution is 2.27. The van der Waals surface area contributed by atoms with E-state index in [4.69, 9.17) is 23.2 Å². The first kappa shape index (κ1) is 15.7. The normalized spacial score (nSPS) is 13.3. The molecule has 110 valence electrons. The lowest BCUT2D eigenvalue weighted by Gasteiger charge is -2.17. The quantitative estimate of drug-likeness (QED) is 0.615. The van der Waals surface area contributed by atoms with Gasteiger partial charge in [0.25, 0.3) is 0 Å². The van der Waals surface area contributed by atoms with Crippen molar-refractivity contribution in [3.05, 3.63) is 29.0 Å². The van der Waals surface area contributed by atoms with Crippen LogP contribution in [-0.4, -0.2) is 9.55 Å². The molecule has 0 radical (unpaired) electrons. The van der Waals surface area contributed by atoms with E-state index in [1.807, 2.05) is 18.2 Å². The Labute approximate surface area is 131 Å². The first-order valence-electron chi connectivity index (χ1n) is 7.25. The lowest BCUT2D eigenvalue weighted by molar-refractivity contribution is 0.447. The van der Waals surface area contributed by atoms with Crippen LogP contribution in [0.2, 0.25) is 5.02 Å². The van der Waals surface area contributed by atoms with Gasteiger partial charge in [-0.1, -0.05) is 38.3 Å². The molecule has 1 atom stereocenters. The first-order valence-corrected chi connectivity index (χ1v) is 8.16. The molecule has 2 nitrogen and oxygen atoms in total. The van der Waals surface area contributed by atoms with E-state index in [9.17, 15) is 0 Å². The van der Waals surface area contributed by atoms with Gasteiger partial charge in [-0.05, 0) is 37.5 Å². The van der Waals surface area contributed by atoms with Gasteiger partial charge in [0.15, 0.2) is 0 Å². The maximum atomic E-state index is 6.12. The minimum Gasteiger partial charge on any atom is -0.324 e. The van der Waals surface area contributed by atoms with E-state index < -0.39 is 0 Å². The number of alkyl halides is 1. The standard InChI is InChI=1S/C16H22Cl2N2/c1-11(2)5-4-6-12(3)20-15-9-13(18)7-8-14(15)19-16(20)10-17/h7-9,11-12H,4-6,10H2,1-3H3. The molecule has 1 aromatic carbocycles. The Morgan fingerprint density at radius 1 is 1.20 bits per heavy atom. The summed E-state index contributed by atoms with van der Waals surface area (Å²) in [5.74, 6) is 2.12. The van der Waals surface area contributed by atoms with Crippen molar-refractivity contribution in [2.24, 2.45) is 5.92 Å². The molecular formula is C16H22Cl2N2. The van der Waals surface area contributed by atoms with Crippen LogP contribution in [0.15, 0.2) is 18.2 Å². The van der Waals surface area contributed by atoms with Gasteiger partial charge < -0.3 is 4.57 Å². The molecule has 4 heteroatoms. The maximum absolute atomic E-state index is 6.12. The molecule has 0 bridgehead atoms. The molecule has 0 spiro atoms. The second-order valence-corrected chi connectivity index (χ2v) is 6.54. The average Bonchev–Trinajstić information content (AvgIpc) is 2.75. The zero-order valence-corrected chi connectivity index (χ0v) is 13.9. The second-order valence-electron chi connectivity index (χ2n) is 5.84. The summed E-state index contributed by atoms with van der Waals surface area (Å²) in [6.45, 7) is 6.76. The van der Waals surface area contributed by atoms with Crippen molar-refractivity contribution in [2.45, 2.75) is 52.0 Å². The summed E-state index contributed by atoms with van der Waals surface area (Å²) in [6.07, 6.45) is 3.62. The summed E-state index contributed by atoms with van der Waals surface area (Å²) in [5.41, 5.74) is 2.06. The Morgan fingerprint density at radius 2 is 1.95 bits per heavy atom. The van der Waals surface area contributed by atoms with Crippen LogP contribution < -0.4 is 0 Å². The van der Waals surface area contributed by atoms with Crippen molar-refractivity contribution < 1.29 is 0 Å². The molecule has 0 N–H and O–H groups in total. The van der Waals surface area contributed by atoms with Gasteiger partial charge >= 0.3 is 0 Å². The topological polar surface area (TPSA) is 17.8 Å². The van der Waals surface area contributed by atoms with Crippen LogP contribution in [0, 0.1) is 5.92 Å². The molecule has 1 aromatic heterocycles. The maximum Gasteiger partial charge on any atom is 0.125 e. The Morgan fingerprint density at radius 3 is 2.60 bits per heavy atom. The molecule has 1 heterocycles. The zero-order valence-electron chi connectivity index (χ0n) is 12.4. The largest absolute Gasteiger partial charge is 0.324 e. The van der Waals surface area contributed by atoms with Crippen LogP contribution in [0.3, 0.4) is 0 Å². The van der Waals surface area contributed by atoms with Crippen LogP contribution in [0.1, 0.15) is 51.9 Å². The van der Waals surface area contributed by atoms with E-state index in [0.29, 0.717) is 11.9 Å². The van der Waals surface area contributed by atoms with E-state index in [-0.39, 0.29) is 0 Å². The number of fused-ring (bicyclic) bond motifs is 1. The zero-order chi connectivity index (χ0) is 14.7. The van der Waals surface area contributed by atoms with Crippen molar-refractivity contribution in [3.8, 4) is 0 Å². The van der Waals surface area contributed by atoms with E-state index in [1.165, 1.54) is 12.8 Å². The number of hydrogen-bond acceptors (Lipinski definition) is 1. The number of rotatable bonds is 6. The highest BCUT2D eigenvalue weighted by Gasteiger charge is 2.15. The van der Waals surface area contributed by atoms with Crippen LogP contribution >= 0.6 is 23.2 Å². The number of halogens is 2. The average molecular weight is 313 g/mol. The molecule has 1 unspecified atom stereocenters. The molecule has 0 aliphatic carbocycles. The smallest absolute Gasteiger partial charge is 0.125 e. The summed E-state index contributed by atoms with van der Waals surface area (Å²) in [4.78, 5) is 4.61. The van der Waals surface area contributed by atoms with Crippen LogP contribution in [0.4, 0.5) is 0 Å². The van der Waals surface area contributed by atoms with Crippen LogP contribution in [0.5, 0.6) is 0 Å². The molecule has 0 amide bonds. The molecule has 0 saturated heterocycles. The molecule has 2 rings (SSSR count). The van der Waals surface area contributed by atoms with Gasteiger partial charge in [0.05, 0.1) is 16.9 Å². The number of benzene rings is 1. The predicted octanol–water partition coefficient (Wildman–Crippen LogP) is 5.82. The van der Waals surface area contributed by atoms with Crippen molar-refractivity contribution in [1.29, 1.82) is 0 Å². The highest BCUT2D eigenvalue weighted by atomic mass is 35.5. The van der Waals surface area contributed by atoms with Crippen molar-refractivity contribution in [2.75, 3.05) is 0 Å². The van der Waals surface area contributed by atoms with E-state index in [1.54, 1.807) is 0 Å². The van der Waals surface area contributed by atoms with E-state index >= 15 is 0 Å². The lowest BCUT2D eigenvalue weighted by atomic mass is 10.0. The van der Waals surface area contributed by atoms with Crippen molar-refractivity contribution in [1.82, 2.24) is 9.55 Å². The summed E-state index contributed by atoms with van der Waals surface area (Å²) in [7, 11) is 0. The fourth-order valence-electron chi connectivity index (χ4n) is 2.65. The highest BCUT2D eigenvalue weighted by molar-refractivity contribution is 6.31. The Hall–Kier alpha value is -0.730. The Bertz CT molecular complexity index is 575. The summed E-state index contributed by atoms with van der Waals surface area (Å²) in [5, 5.41) is 0.745. The van der Waals surface area contributed by atoms with Gasteiger partial charge in [0.2, 0.25) is 0 Å². The van der Waals surface area contributed by atoms with Crippen molar-refractivity contribution in [3.63, 3.8) is 0 Å². The SMILES string of the molecule is CC(C)CCCC(C)n1c(CCl)nc2ccc(Cl)cc21. The van der Waals surface area contributed by atoms with Crippen LogP contribution in [0.25, 0.3) is 11.0 Å². The molecule has 0 saturated carbocycles. The fraction of sp³-hybridized carbons (Fsp3) is 0.562. The van der Waals surface area contributed by atoms with Gasteiger partial charge in [0, 0.05) is 11.1 Å². The minimum atomic E-state index is 0.394. The van der Waals surface area contributed by atoms with Crippen molar-refractivity contribution >= 4 is 34.2 Å². The number of hydrogen-bond donors (Lipinski definition) is 0. The molecule has 0 aliphatic heterocycles. The third kappa shape index (κ3) is 3.48. The third-order valence-corrected chi connectivity index (χ3v) is 4.16. The summed E-state index contributed by atoms with van der Waals surface area (Å²) >= 11 is 12.2. The molecule has 0 aliphatic rings. The minimum absolute atomic E-state index is 0.394. The summed E-state index contributed by atoms with van der Waals surface area (Å²) < 4.78 is 2.24. The molecule has 2 aromatic rings. The first-order chi connectivity index (χ1) is 9.52. The number of nitrogens with zero attached hydrogens (tertiary/aromatic N) is 2. The van der Waals surface area contributed by atoms with E-state index in [0.717, 1.165) is 34.2 Å². The Balaban J connectivity index is 2.28. The van der Waals surface area contributed by atoms with Gasteiger partial charge in [-0.15, -0.1) is 11.6 Å². The lowest BCUT2D eigenvalue weighted by Crippen LogP contribution is -2.09. The number of imidazole rings is 1. The van der Waals surface area contributed by atoms with Gasteiger partial charge in [-0.3, -0.25) is 0 Å². The van der Waals surface area contributed by atoms with Gasteiger partial charge in [-0.2, -0.15) is 0 Å². The fourth-order valence-corrected chi connectivity index (χ4v) is 3.01. The Kier molecular flexibility index (Phi) is 5.34. The van der Waals surface area contributed by atoms with E-state index in [2.05, 4.69) is 30.3 Å². The molecular weight excluding hydrogens is 291 g/mol. The predicted molar refractivity (Wildman–Crippen MR) is 87.7 cm³/mol. The molecule has 0 fully saturated rings. The van der Waals surface area contributed by atoms with Gasteiger partial charge in [0.1, 0.15) is 5.82 Å². The van der Waals surface area contributed by atoms with Gasteiger partial charge in [-0.25, -0.2) is 4.98 Å². The second kappa shape index (κ2) is 6.82. The molecule has 20 heavy (non-hydrogen) atoms. The van der Waals surface area contributed by atoms with Crippen LogP contribution in [-0.2, 0) is 5.88 Å². The third-order valence-electron chi connectivity index (χ3n) is 3.69. The summed E-state index contributed by atoms with van der Waals surface area (Å²) in [6, 6.07) is 6.22.